The highest BCUT2D eigenvalue weighted by molar-refractivity contribution is 7.17. The fourth-order valence-electron chi connectivity index (χ4n) is 2.60. The molecular formula is C19H19NO3S2. The third-order valence-electron chi connectivity index (χ3n) is 3.84. The summed E-state index contributed by atoms with van der Waals surface area (Å²) in [7, 11) is 0. The van der Waals surface area contributed by atoms with E-state index in [1.54, 1.807) is 11.3 Å². The normalized spacial score (nSPS) is 14.0. The lowest BCUT2D eigenvalue weighted by Gasteiger charge is -2.20. The molecule has 2 heterocycles. The predicted octanol–water partition coefficient (Wildman–Crippen LogP) is 3.66. The number of aliphatic hydroxyl groups is 2. The van der Waals surface area contributed by atoms with Crippen molar-refractivity contribution in [1.82, 2.24) is 5.32 Å². The van der Waals surface area contributed by atoms with Gasteiger partial charge in [0.1, 0.15) is 6.10 Å². The average Bonchev–Trinajstić information content (AvgIpc) is 3.24. The van der Waals surface area contributed by atoms with E-state index in [4.69, 9.17) is 0 Å². The molecule has 1 aromatic carbocycles. The van der Waals surface area contributed by atoms with Gasteiger partial charge in [0.15, 0.2) is 0 Å². The highest BCUT2D eigenvalue weighted by Crippen LogP contribution is 2.30. The van der Waals surface area contributed by atoms with Crippen molar-refractivity contribution in [3.63, 3.8) is 0 Å². The summed E-state index contributed by atoms with van der Waals surface area (Å²) in [6.07, 6.45) is 3.16. The minimum Gasteiger partial charge on any atom is -0.394 e. The maximum Gasteiger partial charge on any atom is 0.217 e. The number of rotatable bonds is 6. The van der Waals surface area contributed by atoms with Crippen molar-refractivity contribution in [3.05, 3.63) is 57.1 Å². The van der Waals surface area contributed by atoms with Crippen LogP contribution in [-0.4, -0.2) is 28.8 Å². The van der Waals surface area contributed by atoms with Gasteiger partial charge < -0.3 is 15.5 Å². The lowest BCUT2D eigenvalue weighted by molar-refractivity contribution is -0.121. The highest BCUT2D eigenvalue weighted by atomic mass is 32.1. The minimum atomic E-state index is -0.928. The standard InChI is InChI=1S/C19H19NO3S2/c1-12(22)20-16(10-21)19(23)18-9-8-14(25-18)7-6-13-11-24-17-5-3-2-4-15(13)17/h2-9,11,16,19,21,23H,10H2,1H3,(H,20,22). The number of carbonyl (C=O) groups excluding carboxylic acids is 1. The van der Waals surface area contributed by atoms with E-state index in [2.05, 4.69) is 28.9 Å². The molecule has 0 spiro atoms. The maximum absolute atomic E-state index is 11.2. The van der Waals surface area contributed by atoms with Crippen LogP contribution in [0, 0.1) is 0 Å². The van der Waals surface area contributed by atoms with Crippen LogP contribution in [0.4, 0.5) is 0 Å². The summed E-state index contributed by atoms with van der Waals surface area (Å²) in [6.45, 7) is 1.05. The van der Waals surface area contributed by atoms with Gasteiger partial charge in [-0.25, -0.2) is 0 Å². The molecule has 0 fully saturated rings. The highest BCUT2D eigenvalue weighted by Gasteiger charge is 2.22. The summed E-state index contributed by atoms with van der Waals surface area (Å²) in [4.78, 5) is 12.9. The van der Waals surface area contributed by atoms with Gasteiger partial charge in [-0.1, -0.05) is 24.3 Å². The van der Waals surface area contributed by atoms with Crippen LogP contribution in [0.1, 0.15) is 28.3 Å². The lowest BCUT2D eigenvalue weighted by Crippen LogP contribution is -2.40. The SMILES string of the molecule is CC(=O)NC(CO)C(O)c1ccc(C=Cc2csc3ccccc23)s1. The summed E-state index contributed by atoms with van der Waals surface area (Å²) < 4.78 is 1.26. The van der Waals surface area contributed by atoms with Gasteiger partial charge in [0, 0.05) is 21.4 Å². The summed E-state index contributed by atoms with van der Waals surface area (Å²) >= 11 is 3.16. The number of thiophene rings is 2. The van der Waals surface area contributed by atoms with Crippen LogP contribution in [0.2, 0.25) is 0 Å². The van der Waals surface area contributed by atoms with Crippen molar-refractivity contribution in [2.75, 3.05) is 6.61 Å². The molecule has 2 unspecified atom stereocenters. The first-order chi connectivity index (χ1) is 12.1. The van der Waals surface area contributed by atoms with E-state index in [0.29, 0.717) is 4.88 Å². The van der Waals surface area contributed by atoms with Crippen molar-refractivity contribution in [2.45, 2.75) is 19.1 Å². The van der Waals surface area contributed by atoms with E-state index in [0.717, 1.165) is 4.88 Å². The smallest absolute Gasteiger partial charge is 0.217 e. The average molecular weight is 373 g/mol. The number of nitrogens with one attached hydrogen (secondary N) is 1. The third kappa shape index (κ3) is 4.16. The predicted molar refractivity (Wildman–Crippen MR) is 105 cm³/mol. The first kappa shape index (κ1) is 17.8. The molecule has 0 saturated heterocycles. The Kier molecular flexibility index (Phi) is 5.65. The first-order valence-electron chi connectivity index (χ1n) is 7.88. The van der Waals surface area contributed by atoms with Gasteiger partial charge in [-0.15, -0.1) is 22.7 Å². The van der Waals surface area contributed by atoms with Crippen LogP contribution in [0.3, 0.4) is 0 Å². The molecule has 3 rings (SSSR count). The molecule has 130 valence electrons. The van der Waals surface area contributed by atoms with Crippen LogP contribution in [0.25, 0.3) is 22.2 Å². The van der Waals surface area contributed by atoms with Crippen molar-refractivity contribution in [3.8, 4) is 0 Å². The fraction of sp³-hybridized carbons (Fsp3) is 0.211. The Morgan fingerprint density at radius 3 is 2.80 bits per heavy atom. The van der Waals surface area contributed by atoms with Crippen LogP contribution in [0.15, 0.2) is 41.8 Å². The monoisotopic (exact) mass is 373 g/mol. The van der Waals surface area contributed by atoms with E-state index in [-0.39, 0.29) is 12.5 Å². The van der Waals surface area contributed by atoms with E-state index >= 15 is 0 Å². The van der Waals surface area contributed by atoms with Gasteiger partial charge in [0.25, 0.3) is 0 Å². The molecule has 3 aromatic rings. The zero-order valence-electron chi connectivity index (χ0n) is 13.7. The number of benzene rings is 1. The largest absolute Gasteiger partial charge is 0.394 e. The van der Waals surface area contributed by atoms with Crippen molar-refractivity contribution in [1.29, 1.82) is 0 Å². The van der Waals surface area contributed by atoms with Gasteiger partial charge in [-0.3, -0.25) is 4.79 Å². The number of amides is 1. The molecule has 2 atom stereocenters. The fourth-order valence-corrected chi connectivity index (χ4v) is 4.49. The van der Waals surface area contributed by atoms with Gasteiger partial charge >= 0.3 is 0 Å². The number of fused-ring (bicyclic) bond motifs is 1. The second kappa shape index (κ2) is 7.93. The van der Waals surface area contributed by atoms with Crippen LogP contribution in [0.5, 0.6) is 0 Å². The lowest BCUT2D eigenvalue weighted by atomic mass is 10.1. The number of hydrogen-bond donors (Lipinski definition) is 3. The Bertz CT molecular complexity index is 897. The molecule has 0 aliphatic rings. The maximum atomic E-state index is 11.2. The van der Waals surface area contributed by atoms with Gasteiger partial charge in [0.05, 0.1) is 12.6 Å². The topological polar surface area (TPSA) is 69.6 Å². The Hall–Kier alpha value is -1.99. The van der Waals surface area contributed by atoms with E-state index in [1.807, 2.05) is 30.3 Å². The Balaban J connectivity index is 1.76. The molecular weight excluding hydrogens is 354 g/mol. The van der Waals surface area contributed by atoms with Gasteiger partial charge in [-0.05, 0) is 40.6 Å². The van der Waals surface area contributed by atoms with Crippen molar-refractivity contribution in [2.24, 2.45) is 0 Å². The van der Waals surface area contributed by atoms with E-state index < -0.39 is 12.1 Å². The molecule has 2 aromatic heterocycles. The quantitative estimate of drug-likeness (QED) is 0.617. The molecule has 0 aliphatic heterocycles. The third-order valence-corrected chi connectivity index (χ3v) is 5.95. The molecule has 0 aliphatic carbocycles. The number of aliphatic hydroxyl groups excluding tert-OH is 2. The molecule has 4 nitrogen and oxygen atoms in total. The summed E-state index contributed by atoms with van der Waals surface area (Å²) in [6, 6.07) is 11.3. The Morgan fingerprint density at radius 2 is 2.04 bits per heavy atom. The summed E-state index contributed by atoms with van der Waals surface area (Å²) in [5.41, 5.74) is 1.17. The zero-order valence-corrected chi connectivity index (χ0v) is 15.3. The van der Waals surface area contributed by atoms with Crippen molar-refractivity contribution < 1.29 is 15.0 Å². The number of carbonyl (C=O) groups is 1. The zero-order chi connectivity index (χ0) is 17.8. The Labute approximate surface area is 154 Å². The van der Waals surface area contributed by atoms with E-state index in [1.165, 1.54) is 33.9 Å². The molecule has 6 heteroatoms. The van der Waals surface area contributed by atoms with Crippen LogP contribution >= 0.6 is 22.7 Å². The summed E-state index contributed by atoms with van der Waals surface area (Å²) in [5.74, 6) is -0.279. The molecule has 1 amide bonds. The second-order valence-corrected chi connectivity index (χ2v) is 7.75. The first-order valence-corrected chi connectivity index (χ1v) is 9.58. The Morgan fingerprint density at radius 1 is 1.24 bits per heavy atom. The molecule has 0 saturated carbocycles. The second-order valence-electron chi connectivity index (χ2n) is 5.70. The van der Waals surface area contributed by atoms with Crippen LogP contribution < -0.4 is 5.32 Å². The minimum absolute atomic E-state index is 0.279. The van der Waals surface area contributed by atoms with Crippen molar-refractivity contribution >= 4 is 50.8 Å². The van der Waals surface area contributed by atoms with Gasteiger partial charge in [0.2, 0.25) is 5.91 Å². The van der Waals surface area contributed by atoms with Crippen LogP contribution in [-0.2, 0) is 4.79 Å². The van der Waals surface area contributed by atoms with E-state index in [9.17, 15) is 15.0 Å². The number of hydrogen-bond acceptors (Lipinski definition) is 5. The van der Waals surface area contributed by atoms with Gasteiger partial charge in [-0.2, -0.15) is 0 Å². The summed E-state index contributed by atoms with van der Waals surface area (Å²) in [5, 5.41) is 25.6. The molecule has 25 heavy (non-hydrogen) atoms. The molecule has 3 N–H and O–H groups in total. The molecule has 0 radical (unpaired) electrons. The molecule has 0 bridgehead atoms.